The van der Waals surface area contributed by atoms with Crippen molar-refractivity contribution in [2.45, 2.75) is 26.2 Å². The van der Waals surface area contributed by atoms with Crippen LogP contribution in [0, 0.1) is 12.8 Å². The molecule has 1 aromatic carbocycles. The molecule has 1 atom stereocenters. The maximum absolute atomic E-state index is 5.03. The molecule has 1 aromatic rings. The van der Waals surface area contributed by atoms with E-state index in [1.165, 1.54) is 29.5 Å². The molecule has 3 heteroatoms. The maximum Gasteiger partial charge on any atom is 0.197 e. The van der Waals surface area contributed by atoms with Gasteiger partial charge in [-0.25, -0.2) is 5.32 Å². The molecular formula is C16H17N2S. The Morgan fingerprint density at radius 3 is 2.79 bits per heavy atom. The Morgan fingerprint density at radius 2 is 2.11 bits per heavy atom. The van der Waals surface area contributed by atoms with Crippen LogP contribution in [0.4, 0.5) is 0 Å². The Bertz CT molecular complexity index is 555. The lowest BCUT2D eigenvalue weighted by atomic mass is 9.91. The van der Waals surface area contributed by atoms with Gasteiger partial charge in [0.05, 0.1) is 5.70 Å². The first-order valence-electron chi connectivity index (χ1n) is 6.71. The molecule has 0 fully saturated rings. The van der Waals surface area contributed by atoms with Crippen molar-refractivity contribution >= 4 is 22.9 Å². The van der Waals surface area contributed by atoms with Crippen LogP contribution in [0.25, 0.3) is 5.57 Å². The summed E-state index contributed by atoms with van der Waals surface area (Å²) in [5.41, 5.74) is 5.20. The Morgan fingerprint density at radius 1 is 1.32 bits per heavy atom. The maximum atomic E-state index is 5.03. The van der Waals surface area contributed by atoms with Gasteiger partial charge >= 0.3 is 0 Å². The quantitative estimate of drug-likeness (QED) is 0.850. The minimum absolute atomic E-state index is 0.570. The van der Waals surface area contributed by atoms with Gasteiger partial charge in [0.15, 0.2) is 5.11 Å². The zero-order valence-electron chi connectivity index (χ0n) is 11.0. The third-order valence-corrected chi connectivity index (χ3v) is 3.98. The summed E-state index contributed by atoms with van der Waals surface area (Å²) in [6.45, 7) is 2.12. The second kappa shape index (κ2) is 5.17. The van der Waals surface area contributed by atoms with Gasteiger partial charge in [-0.3, -0.25) is 0 Å². The molecule has 0 amide bonds. The number of thiocarbonyl (C=S) groups is 1. The first-order valence-corrected chi connectivity index (χ1v) is 7.11. The molecule has 2 nitrogen and oxygen atoms in total. The first kappa shape index (κ1) is 12.4. The standard InChI is InChI=1S/C16H17N2S/c1-11-5-7-12(8-6-11)15-4-2-3-13(15)9-14-10-17-16(19)18-14/h4-8,10,13H,2-3,9H2,1H3,(H,17,19). The molecular weight excluding hydrogens is 252 g/mol. The number of nitrogens with zero attached hydrogens (tertiary/aromatic N) is 1. The van der Waals surface area contributed by atoms with Gasteiger partial charge in [0.2, 0.25) is 0 Å². The largest absolute Gasteiger partial charge is 0.336 e. The fraction of sp³-hybridized carbons (Fsp3) is 0.312. The Hall–Kier alpha value is -1.61. The van der Waals surface area contributed by atoms with Crippen molar-refractivity contribution in [1.29, 1.82) is 0 Å². The van der Waals surface area contributed by atoms with Crippen LogP contribution in [0.3, 0.4) is 0 Å². The average molecular weight is 269 g/mol. The summed E-state index contributed by atoms with van der Waals surface area (Å²) in [5.74, 6) is 0.570. The van der Waals surface area contributed by atoms with Crippen LogP contribution in [0.15, 0.2) is 42.2 Å². The van der Waals surface area contributed by atoms with Crippen LogP contribution in [0.1, 0.15) is 30.4 Å². The molecule has 0 aromatic heterocycles. The molecule has 1 radical (unpaired) electrons. The predicted molar refractivity (Wildman–Crippen MR) is 82.4 cm³/mol. The van der Waals surface area contributed by atoms with E-state index in [0.717, 1.165) is 12.1 Å². The van der Waals surface area contributed by atoms with Crippen LogP contribution in [0.5, 0.6) is 0 Å². The fourth-order valence-electron chi connectivity index (χ4n) is 2.77. The van der Waals surface area contributed by atoms with Crippen LogP contribution in [0.2, 0.25) is 0 Å². The van der Waals surface area contributed by atoms with E-state index in [9.17, 15) is 0 Å². The van der Waals surface area contributed by atoms with Crippen molar-refractivity contribution in [2.75, 3.05) is 0 Å². The minimum atomic E-state index is 0.570. The molecule has 1 aliphatic heterocycles. The van der Waals surface area contributed by atoms with Gasteiger partial charge in [-0.2, -0.15) is 0 Å². The van der Waals surface area contributed by atoms with E-state index in [1.807, 2.05) is 6.20 Å². The van der Waals surface area contributed by atoms with Crippen molar-refractivity contribution in [2.24, 2.45) is 5.92 Å². The lowest BCUT2D eigenvalue weighted by Crippen LogP contribution is -2.16. The fourth-order valence-corrected chi connectivity index (χ4v) is 2.95. The van der Waals surface area contributed by atoms with Crippen molar-refractivity contribution in [3.63, 3.8) is 0 Å². The average Bonchev–Trinajstić information content (AvgIpc) is 3.00. The topological polar surface area (TPSA) is 26.1 Å². The van der Waals surface area contributed by atoms with E-state index >= 15 is 0 Å². The molecule has 0 bridgehead atoms. The molecule has 1 aliphatic carbocycles. The zero-order valence-corrected chi connectivity index (χ0v) is 11.8. The van der Waals surface area contributed by atoms with Crippen molar-refractivity contribution in [1.82, 2.24) is 10.6 Å². The third-order valence-electron chi connectivity index (χ3n) is 3.77. The van der Waals surface area contributed by atoms with Crippen molar-refractivity contribution < 1.29 is 0 Å². The van der Waals surface area contributed by atoms with E-state index in [4.69, 9.17) is 12.2 Å². The van der Waals surface area contributed by atoms with E-state index in [1.54, 1.807) is 0 Å². The van der Waals surface area contributed by atoms with Gasteiger partial charge in [0.25, 0.3) is 0 Å². The number of allylic oxidation sites excluding steroid dienone is 3. The molecule has 1 N–H and O–H groups in total. The summed E-state index contributed by atoms with van der Waals surface area (Å²) in [7, 11) is 0. The Labute approximate surface area is 119 Å². The highest BCUT2D eigenvalue weighted by Crippen LogP contribution is 2.37. The first-order chi connectivity index (χ1) is 9.22. The van der Waals surface area contributed by atoms with Crippen LogP contribution >= 0.6 is 12.2 Å². The zero-order chi connectivity index (χ0) is 13.2. The lowest BCUT2D eigenvalue weighted by molar-refractivity contribution is 0.628. The highest BCUT2D eigenvalue weighted by Gasteiger charge is 2.23. The van der Waals surface area contributed by atoms with E-state index in [-0.39, 0.29) is 0 Å². The summed E-state index contributed by atoms with van der Waals surface area (Å²) in [6.07, 6.45) is 7.67. The van der Waals surface area contributed by atoms with Crippen LogP contribution < -0.4 is 10.6 Å². The summed E-state index contributed by atoms with van der Waals surface area (Å²) in [4.78, 5) is 0. The molecule has 97 valence electrons. The molecule has 1 unspecified atom stereocenters. The molecule has 3 rings (SSSR count). The minimum Gasteiger partial charge on any atom is -0.336 e. The van der Waals surface area contributed by atoms with Crippen molar-refractivity contribution in [3.8, 4) is 0 Å². The summed E-state index contributed by atoms with van der Waals surface area (Å²) < 4.78 is 0. The van der Waals surface area contributed by atoms with Gasteiger partial charge < -0.3 is 5.32 Å². The highest BCUT2D eigenvalue weighted by molar-refractivity contribution is 7.80. The summed E-state index contributed by atoms with van der Waals surface area (Å²) in [6, 6.07) is 8.81. The monoisotopic (exact) mass is 269 g/mol. The molecule has 0 saturated heterocycles. The van der Waals surface area contributed by atoms with Gasteiger partial charge in [0.1, 0.15) is 0 Å². The van der Waals surface area contributed by atoms with Gasteiger partial charge in [-0.05, 0) is 55.5 Å². The second-order valence-electron chi connectivity index (χ2n) is 5.20. The van der Waals surface area contributed by atoms with Gasteiger partial charge in [-0.1, -0.05) is 35.9 Å². The predicted octanol–water partition coefficient (Wildman–Crippen LogP) is 3.51. The smallest absolute Gasteiger partial charge is 0.197 e. The second-order valence-corrected chi connectivity index (χ2v) is 5.59. The van der Waals surface area contributed by atoms with E-state index < -0.39 is 0 Å². The van der Waals surface area contributed by atoms with Crippen LogP contribution in [-0.4, -0.2) is 5.11 Å². The summed E-state index contributed by atoms with van der Waals surface area (Å²) in [5, 5.41) is 7.93. The highest BCUT2D eigenvalue weighted by atomic mass is 32.1. The van der Waals surface area contributed by atoms with Crippen LogP contribution in [-0.2, 0) is 0 Å². The van der Waals surface area contributed by atoms with E-state index in [0.29, 0.717) is 11.0 Å². The van der Waals surface area contributed by atoms with Gasteiger partial charge in [0, 0.05) is 6.20 Å². The molecule has 1 heterocycles. The number of benzene rings is 1. The normalized spacial score (nSPS) is 21.7. The number of hydrogen-bond donors (Lipinski definition) is 1. The van der Waals surface area contributed by atoms with E-state index in [2.05, 4.69) is 47.9 Å². The number of aryl methyl sites for hydroxylation is 1. The summed E-state index contributed by atoms with van der Waals surface area (Å²) >= 11 is 5.03. The molecule has 2 aliphatic rings. The SMILES string of the molecule is Cc1ccc(C2=CCCC2CC2=CNC(=S)[N]2)cc1. The number of nitrogens with one attached hydrogen (secondary N) is 1. The lowest BCUT2D eigenvalue weighted by Gasteiger charge is -2.15. The Balaban J connectivity index is 1.74. The van der Waals surface area contributed by atoms with Gasteiger partial charge in [-0.15, -0.1) is 0 Å². The third kappa shape index (κ3) is 2.71. The Kier molecular flexibility index (Phi) is 3.38. The molecule has 0 spiro atoms. The molecule has 0 saturated carbocycles. The number of hydrogen-bond acceptors (Lipinski definition) is 1. The molecule has 19 heavy (non-hydrogen) atoms. The van der Waals surface area contributed by atoms with Crippen molar-refractivity contribution in [3.05, 3.63) is 53.4 Å². The number of rotatable bonds is 3.